The maximum atomic E-state index is 12.2. The van der Waals surface area contributed by atoms with E-state index in [0.29, 0.717) is 24.8 Å². The lowest BCUT2D eigenvalue weighted by molar-refractivity contribution is -0.131. The molecule has 2 unspecified atom stereocenters. The number of anilines is 1. The number of ether oxygens (including phenoxy) is 1. The maximum Gasteiger partial charge on any atom is 0.234 e. The van der Waals surface area contributed by atoms with Gasteiger partial charge in [-0.15, -0.1) is 0 Å². The van der Waals surface area contributed by atoms with Gasteiger partial charge in [-0.3, -0.25) is 9.78 Å². The predicted molar refractivity (Wildman–Crippen MR) is 86.0 cm³/mol. The Morgan fingerprint density at radius 2 is 2.27 bits per heavy atom. The van der Waals surface area contributed by atoms with E-state index in [2.05, 4.69) is 23.8 Å². The Bertz CT molecular complexity index is 507. The summed E-state index contributed by atoms with van der Waals surface area (Å²) in [4.78, 5) is 24.5. The van der Waals surface area contributed by atoms with Gasteiger partial charge in [0.25, 0.3) is 0 Å². The highest BCUT2D eigenvalue weighted by molar-refractivity contribution is 5.76. The number of likely N-dealkylation sites (tertiary alicyclic amines) is 1. The first-order valence-corrected chi connectivity index (χ1v) is 7.93. The van der Waals surface area contributed by atoms with Gasteiger partial charge in [0.1, 0.15) is 6.10 Å². The molecule has 2 heterocycles. The molecule has 1 aliphatic rings. The second-order valence-electron chi connectivity index (χ2n) is 6.20. The van der Waals surface area contributed by atoms with E-state index in [0.717, 1.165) is 25.2 Å². The highest BCUT2D eigenvalue weighted by Crippen LogP contribution is 2.20. The van der Waals surface area contributed by atoms with Crippen LogP contribution in [0.3, 0.4) is 0 Å². The first-order chi connectivity index (χ1) is 10.5. The summed E-state index contributed by atoms with van der Waals surface area (Å²) in [6.07, 6.45) is 5.83. The van der Waals surface area contributed by atoms with Gasteiger partial charge in [-0.2, -0.15) is 4.98 Å². The van der Waals surface area contributed by atoms with Crippen molar-refractivity contribution >= 4 is 11.7 Å². The molecule has 0 saturated carbocycles. The normalized spacial score (nSPS) is 19.1. The molecule has 1 aliphatic heterocycles. The van der Waals surface area contributed by atoms with Gasteiger partial charge in [0.2, 0.25) is 11.8 Å². The number of amides is 1. The number of carbonyl (C=O) groups excluding carboxylic acids is 1. The smallest absolute Gasteiger partial charge is 0.234 e. The Balaban J connectivity index is 1.88. The lowest BCUT2D eigenvalue weighted by Gasteiger charge is -2.19. The highest BCUT2D eigenvalue weighted by atomic mass is 16.5. The summed E-state index contributed by atoms with van der Waals surface area (Å²) >= 11 is 0. The number of hydrogen-bond acceptors (Lipinski definition) is 5. The zero-order valence-corrected chi connectivity index (χ0v) is 14.0. The molecule has 0 aliphatic carbocycles. The summed E-state index contributed by atoms with van der Waals surface area (Å²) in [6.45, 7) is 5.64. The van der Waals surface area contributed by atoms with E-state index in [1.54, 1.807) is 12.4 Å². The van der Waals surface area contributed by atoms with E-state index in [4.69, 9.17) is 4.74 Å². The minimum atomic E-state index is 0.00703. The number of nitrogens with zero attached hydrogens (tertiary/aromatic N) is 4. The molecule has 1 aromatic rings. The lowest BCUT2D eigenvalue weighted by Crippen LogP contribution is -2.31. The van der Waals surface area contributed by atoms with Gasteiger partial charge >= 0.3 is 0 Å². The van der Waals surface area contributed by atoms with Crippen LogP contribution in [0.25, 0.3) is 0 Å². The predicted octanol–water partition coefficient (Wildman–Crippen LogP) is 1.96. The summed E-state index contributed by atoms with van der Waals surface area (Å²) in [6, 6.07) is 0. The molecule has 1 aromatic heterocycles. The molecular weight excluding hydrogens is 280 g/mol. The van der Waals surface area contributed by atoms with Crippen molar-refractivity contribution in [1.82, 2.24) is 14.9 Å². The van der Waals surface area contributed by atoms with Crippen LogP contribution < -0.4 is 9.64 Å². The second kappa shape index (κ2) is 7.42. The number of aromatic nitrogens is 2. The minimum Gasteiger partial charge on any atom is -0.471 e. The fourth-order valence-corrected chi connectivity index (χ4v) is 2.40. The van der Waals surface area contributed by atoms with Gasteiger partial charge in [0.15, 0.2) is 5.82 Å². The SMILES string of the molecule is CCC(C)CC(=O)N1CCC(Oc2cncc(N(C)C)n2)C1. The van der Waals surface area contributed by atoms with Crippen LogP contribution in [0.2, 0.25) is 0 Å². The standard InChI is InChI=1S/C16H26N4O2/c1-5-12(2)8-16(21)20-7-6-13(11-20)22-15-10-17-9-14(18-15)19(3)4/h9-10,12-13H,5-8,11H2,1-4H3. The summed E-state index contributed by atoms with van der Waals surface area (Å²) in [5.41, 5.74) is 0. The molecule has 6 heteroatoms. The molecule has 0 bridgehead atoms. The van der Waals surface area contributed by atoms with Crippen molar-refractivity contribution in [1.29, 1.82) is 0 Å². The number of hydrogen-bond donors (Lipinski definition) is 0. The van der Waals surface area contributed by atoms with Crippen LogP contribution in [0.1, 0.15) is 33.1 Å². The van der Waals surface area contributed by atoms with Gasteiger partial charge < -0.3 is 14.5 Å². The van der Waals surface area contributed by atoms with Crippen LogP contribution in [0.15, 0.2) is 12.4 Å². The Morgan fingerprint density at radius 1 is 1.50 bits per heavy atom. The average molecular weight is 306 g/mol. The molecule has 22 heavy (non-hydrogen) atoms. The van der Waals surface area contributed by atoms with Crippen LogP contribution in [0.5, 0.6) is 5.88 Å². The third-order valence-corrected chi connectivity index (χ3v) is 4.06. The highest BCUT2D eigenvalue weighted by Gasteiger charge is 2.28. The fourth-order valence-electron chi connectivity index (χ4n) is 2.40. The minimum absolute atomic E-state index is 0.00703. The number of carbonyl (C=O) groups is 1. The molecule has 1 fully saturated rings. The van der Waals surface area contributed by atoms with Crippen molar-refractivity contribution in [3.8, 4) is 5.88 Å². The first-order valence-electron chi connectivity index (χ1n) is 7.93. The molecule has 0 aromatic carbocycles. The van der Waals surface area contributed by atoms with Gasteiger partial charge in [-0.25, -0.2) is 0 Å². The first kappa shape index (κ1) is 16.5. The Hall–Kier alpha value is -1.85. The largest absolute Gasteiger partial charge is 0.471 e. The Labute approximate surface area is 132 Å². The van der Waals surface area contributed by atoms with Crippen molar-refractivity contribution in [2.45, 2.75) is 39.2 Å². The van der Waals surface area contributed by atoms with Crippen LogP contribution in [-0.2, 0) is 4.79 Å². The second-order valence-corrected chi connectivity index (χ2v) is 6.20. The maximum absolute atomic E-state index is 12.2. The van der Waals surface area contributed by atoms with Crippen molar-refractivity contribution in [2.75, 3.05) is 32.1 Å². The van der Waals surface area contributed by atoms with E-state index in [1.807, 2.05) is 23.9 Å². The molecule has 0 spiro atoms. The molecule has 2 rings (SSSR count). The molecule has 0 radical (unpaired) electrons. The molecular formula is C16H26N4O2. The molecule has 1 saturated heterocycles. The third-order valence-electron chi connectivity index (χ3n) is 4.06. The average Bonchev–Trinajstić information content (AvgIpc) is 2.96. The monoisotopic (exact) mass is 306 g/mol. The topological polar surface area (TPSA) is 58.6 Å². The molecule has 122 valence electrons. The van der Waals surface area contributed by atoms with E-state index in [9.17, 15) is 4.79 Å². The van der Waals surface area contributed by atoms with Gasteiger partial charge in [0.05, 0.1) is 18.9 Å². The fraction of sp³-hybridized carbons (Fsp3) is 0.688. The van der Waals surface area contributed by atoms with Gasteiger partial charge in [0, 0.05) is 33.5 Å². The van der Waals surface area contributed by atoms with Crippen molar-refractivity contribution in [3.05, 3.63) is 12.4 Å². The van der Waals surface area contributed by atoms with Gasteiger partial charge in [-0.05, 0) is 5.92 Å². The van der Waals surface area contributed by atoms with Crippen molar-refractivity contribution in [3.63, 3.8) is 0 Å². The Morgan fingerprint density at radius 3 is 2.95 bits per heavy atom. The van der Waals surface area contributed by atoms with Gasteiger partial charge in [-0.1, -0.05) is 20.3 Å². The molecule has 0 N–H and O–H groups in total. The third kappa shape index (κ3) is 4.32. The van der Waals surface area contributed by atoms with E-state index >= 15 is 0 Å². The molecule has 1 amide bonds. The van der Waals surface area contributed by atoms with Crippen molar-refractivity contribution < 1.29 is 9.53 Å². The Kier molecular flexibility index (Phi) is 5.57. The summed E-state index contributed by atoms with van der Waals surface area (Å²) in [7, 11) is 3.83. The quantitative estimate of drug-likeness (QED) is 0.804. The summed E-state index contributed by atoms with van der Waals surface area (Å²) in [5.74, 6) is 1.95. The van der Waals surface area contributed by atoms with Crippen LogP contribution in [0.4, 0.5) is 5.82 Å². The van der Waals surface area contributed by atoms with Crippen LogP contribution >= 0.6 is 0 Å². The molecule has 6 nitrogen and oxygen atoms in total. The summed E-state index contributed by atoms with van der Waals surface area (Å²) in [5, 5.41) is 0. The lowest BCUT2D eigenvalue weighted by atomic mass is 10.0. The van der Waals surface area contributed by atoms with E-state index in [1.165, 1.54) is 0 Å². The van der Waals surface area contributed by atoms with E-state index < -0.39 is 0 Å². The van der Waals surface area contributed by atoms with Crippen LogP contribution in [0, 0.1) is 5.92 Å². The van der Waals surface area contributed by atoms with E-state index in [-0.39, 0.29) is 12.0 Å². The molecule has 2 atom stereocenters. The zero-order valence-electron chi connectivity index (χ0n) is 14.0. The summed E-state index contributed by atoms with van der Waals surface area (Å²) < 4.78 is 5.88. The zero-order chi connectivity index (χ0) is 16.1. The van der Waals surface area contributed by atoms with Crippen LogP contribution in [-0.4, -0.2) is 54.1 Å². The van der Waals surface area contributed by atoms with Crippen molar-refractivity contribution in [2.24, 2.45) is 5.92 Å². The number of rotatable bonds is 6.